The van der Waals surface area contributed by atoms with Crippen LogP contribution < -0.4 is 5.73 Å². The van der Waals surface area contributed by atoms with Crippen molar-refractivity contribution in [1.82, 2.24) is 0 Å². The highest BCUT2D eigenvalue weighted by Crippen LogP contribution is 1.98. The maximum atomic E-state index is 5.42. The van der Waals surface area contributed by atoms with Gasteiger partial charge in [0.2, 0.25) is 0 Å². The van der Waals surface area contributed by atoms with Gasteiger partial charge in [-0.05, 0) is 25.6 Å². The Kier molecular flexibility index (Phi) is 6.07. The van der Waals surface area contributed by atoms with Crippen molar-refractivity contribution in [2.45, 2.75) is 20.3 Å². The van der Waals surface area contributed by atoms with Crippen molar-refractivity contribution in [1.29, 1.82) is 0 Å². The predicted octanol–water partition coefficient (Wildman–Crippen LogP) is 1.65. The summed E-state index contributed by atoms with van der Waals surface area (Å²) < 4.78 is 5.22. The number of hydrogen-bond acceptors (Lipinski definition) is 3. The van der Waals surface area contributed by atoms with Crippen LogP contribution in [0.2, 0.25) is 0 Å². The standard InChI is InChI=1S/C8H15NOS/c1-3-5-10-8(11)7(4-2)6-9/h4H,3,5-6,9H2,1-2H3. The largest absolute Gasteiger partial charge is 0.483 e. The molecule has 0 aromatic rings. The summed E-state index contributed by atoms with van der Waals surface area (Å²) in [6, 6.07) is 0. The number of rotatable bonds is 4. The Morgan fingerprint density at radius 2 is 2.27 bits per heavy atom. The van der Waals surface area contributed by atoms with Crippen LogP contribution in [0.4, 0.5) is 0 Å². The van der Waals surface area contributed by atoms with Crippen LogP contribution in [-0.4, -0.2) is 18.2 Å². The smallest absolute Gasteiger partial charge is 0.187 e. The third-order valence-corrected chi connectivity index (χ3v) is 1.65. The lowest BCUT2D eigenvalue weighted by molar-refractivity contribution is 0.313. The molecule has 0 unspecified atom stereocenters. The van der Waals surface area contributed by atoms with E-state index in [0.29, 0.717) is 18.2 Å². The minimum Gasteiger partial charge on any atom is -0.483 e. The van der Waals surface area contributed by atoms with Gasteiger partial charge in [0.05, 0.1) is 6.61 Å². The number of nitrogens with two attached hydrogens (primary N) is 1. The third kappa shape index (κ3) is 4.11. The van der Waals surface area contributed by atoms with Gasteiger partial charge in [0.25, 0.3) is 0 Å². The van der Waals surface area contributed by atoms with Gasteiger partial charge in [0.15, 0.2) is 5.05 Å². The van der Waals surface area contributed by atoms with Crippen LogP contribution in [0.15, 0.2) is 11.6 Å². The molecule has 0 rings (SSSR count). The van der Waals surface area contributed by atoms with Gasteiger partial charge in [-0.15, -0.1) is 0 Å². The van der Waals surface area contributed by atoms with Crippen LogP contribution in [0.25, 0.3) is 0 Å². The van der Waals surface area contributed by atoms with Gasteiger partial charge in [-0.2, -0.15) is 0 Å². The van der Waals surface area contributed by atoms with Crippen LogP contribution in [-0.2, 0) is 4.74 Å². The van der Waals surface area contributed by atoms with E-state index in [1.165, 1.54) is 0 Å². The van der Waals surface area contributed by atoms with Crippen molar-refractivity contribution in [3.05, 3.63) is 11.6 Å². The minimum absolute atomic E-state index is 0.457. The van der Waals surface area contributed by atoms with Crippen LogP contribution in [0.5, 0.6) is 0 Å². The molecule has 3 heteroatoms. The monoisotopic (exact) mass is 173 g/mol. The van der Waals surface area contributed by atoms with Gasteiger partial charge >= 0.3 is 0 Å². The fraction of sp³-hybridized carbons (Fsp3) is 0.625. The summed E-state index contributed by atoms with van der Waals surface area (Å²) in [5.41, 5.74) is 6.33. The van der Waals surface area contributed by atoms with Crippen molar-refractivity contribution in [2.24, 2.45) is 5.73 Å². The molecule has 0 aliphatic rings. The van der Waals surface area contributed by atoms with E-state index in [1.54, 1.807) is 0 Å². The molecule has 0 aliphatic heterocycles. The SMILES string of the molecule is CC=C(CN)C(=S)OCCC. The van der Waals surface area contributed by atoms with E-state index < -0.39 is 0 Å². The molecule has 0 heterocycles. The van der Waals surface area contributed by atoms with E-state index in [4.69, 9.17) is 22.7 Å². The molecule has 0 aromatic carbocycles. The molecule has 0 aliphatic carbocycles. The van der Waals surface area contributed by atoms with Crippen molar-refractivity contribution >= 4 is 17.3 Å². The van der Waals surface area contributed by atoms with Gasteiger partial charge in [-0.3, -0.25) is 0 Å². The summed E-state index contributed by atoms with van der Waals surface area (Å²) in [6.07, 6.45) is 2.86. The maximum absolute atomic E-state index is 5.42. The summed E-state index contributed by atoms with van der Waals surface area (Å²) in [5.74, 6) is 0. The first-order valence-electron chi connectivity index (χ1n) is 3.78. The molecule has 0 aromatic heterocycles. The number of allylic oxidation sites excluding steroid dienone is 1. The van der Waals surface area contributed by atoms with Gasteiger partial charge in [0, 0.05) is 12.1 Å². The molecule has 11 heavy (non-hydrogen) atoms. The normalized spacial score (nSPS) is 11.4. The molecule has 0 spiro atoms. The molecule has 2 N–H and O–H groups in total. The van der Waals surface area contributed by atoms with Crippen molar-refractivity contribution in [2.75, 3.05) is 13.2 Å². The summed E-state index contributed by atoms with van der Waals surface area (Å²) in [7, 11) is 0. The third-order valence-electron chi connectivity index (χ3n) is 1.27. The summed E-state index contributed by atoms with van der Waals surface area (Å²) in [5, 5.41) is 0.539. The molecular formula is C8H15NOS. The molecule has 2 nitrogen and oxygen atoms in total. The quantitative estimate of drug-likeness (QED) is 0.518. The van der Waals surface area contributed by atoms with E-state index in [2.05, 4.69) is 0 Å². The lowest BCUT2D eigenvalue weighted by atomic mass is 10.3. The average Bonchev–Trinajstić information content (AvgIpc) is 2.03. The van der Waals surface area contributed by atoms with E-state index in [0.717, 1.165) is 12.0 Å². The predicted molar refractivity (Wildman–Crippen MR) is 51.7 cm³/mol. The Bertz CT molecular complexity index is 154. The fourth-order valence-electron chi connectivity index (χ4n) is 0.606. The highest BCUT2D eigenvalue weighted by atomic mass is 32.1. The maximum Gasteiger partial charge on any atom is 0.187 e. The van der Waals surface area contributed by atoms with Crippen LogP contribution >= 0.6 is 12.2 Å². The molecule has 0 saturated carbocycles. The molecule has 0 radical (unpaired) electrons. The topological polar surface area (TPSA) is 35.2 Å². The lowest BCUT2D eigenvalue weighted by Crippen LogP contribution is -2.14. The van der Waals surface area contributed by atoms with Gasteiger partial charge < -0.3 is 10.5 Å². The first-order chi connectivity index (χ1) is 5.26. The summed E-state index contributed by atoms with van der Waals surface area (Å²) >= 11 is 4.97. The highest BCUT2D eigenvalue weighted by molar-refractivity contribution is 7.80. The van der Waals surface area contributed by atoms with Gasteiger partial charge in [-0.25, -0.2) is 0 Å². The van der Waals surface area contributed by atoms with Gasteiger partial charge in [0.1, 0.15) is 0 Å². The number of hydrogen-bond donors (Lipinski definition) is 1. The summed E-state index contributed by atoms with van der Waals surface area (Å²) in [4.78, 5) is 0. The zero-order valence-electron chi connectivity index (χ0n) is 7.09. The second-order valence-corrected chi connectivity index (χ2v) is 2.52. The fourth-order valence-corrected chi connectivity index (χ4v) is 0.891. The molecule has 0 fully saturated rings. The average molecular weight is 173 g/mol. The molecule has 0 atom stereocenters. The first kappa shape index (κ1) is 10.6. The van der Waals surface area contributed by atoms with Crippen molar-refractivity contribution < 1.29 is 4.74 Å². The van der Waals surface area contributed by atoms with Crippen LogP contribution in [0.3, 0.4) is 0 Å². The molecule has 0 saturated heterocycles. The Labute approximate surface area is 73.4 Å². The molecule has 64 valence electrons. The highest BCUT2D eigenvalue weighted by Gasteiger charge is 2.01. The molecule has 0 bridgehead atoms. The second-order valence-electron chi connectivity index (χ2n) is 2.15. The van der Waals surface area contributed by atoms with E-state index >= 15 is 0 Å². The van der Waals surface area contributed by atoms with Crippen LogP contribution in [0.1, 0.15) is 20.3 Å². The first-order valence-corrected chi connectivity index (χ1v) is 4.19. The zero-order valence-corrected chi connectivity index (χ0v) is 7.91. The Hall–Kier alpha value is -0.410. The second kappa shape index (κ2) is 6.31. The van der Waals surface area contributed by atoms with Crippen molar-refractivity contribution in [3.8, 4) is 0 Å². The van der Waals surface area contributed by atoms with Crippen LogP contribution in [0, 0.1) is 0 Å². The number of ether oxygens (including phenoxy) is 1. The lowest BCUT2D eigenvalue weighted by Gasteiger charge is -2.07. The number of thiocarbonyl (C=S) groups is 1. The Morgan fingerprint density at radius 1 is 1.64 bits per heavy atom. The molecule has 0 amide bonds. The van der Waals surface area contributed by atoms with E-state index in [-0.39, 0.29) is 0 Å². The van der Waals surface area contributed by atoms with Crippen molar-refractivity contribution in [3.63, 3.8) is 0 Å². The Balaban J connectivity index is 3.81. The van der Waals surface area contributed by atoms with E-state index in [9.17, 15) is 0 Å². The minimum atomic E-state index is 0.457. The molecular weight excluding hydrogens is 158 g/mol. The van der Waals surface area contributed by atoms with Gasteiger partial charge in [-0.1, -0.05) is 13.0 Å². The summed E-state index contributed by atoms with van der Waals surface area (Å²) in [6.45, 7) is 5.08. The Morgan fingerprint density at radius 3 is 2.64 bits per heavy atom. The van der Waals surface area contributed by atoms with E-state index in [1.807, 2.05) is 19.9 Å². The zero-order chi connectivity index (χ0) is 8.69.